The van der Waals surface area contributed by atoms with Crippen molar-refractivity contribution in [2.75, 3.05) is 20.2 Å². The standard InChI is InChI=1S/C8H7F2NO2.C8H10O.C4H9NO/c9-6-2-1-5(3-7(6)10)4-11-8(12)13;1-7-3-5-8(9-2)6-4-7;6-4-1-2-5-3-4/h1-3,11H,4H2,(H,12,13);3-6H,1-2H3;4-6H,1-3H2. The Morgan fingerprint density at radius 3 is 2.32 bits per heavy atom. The van der Waals surface area contributed by atoms with E-state index in [4.69, 9.17) is 14.9 Å². The number of aliphatic hydroxyl groups is 1. The van der Waals surface area contributed by atoms with Gasteiger partial charge in [-0.3, -0.25) is 0 Å². The first-order valence-electron chi connectivity index (χ1n) is 8.72. The number of benzene rings is 2. The SMILES string of the molecule is COc1ccc(C)cc1.O=C(O)NCc1ccc(F)c(F)c1.OC1CCNC1. The third kappa shape index (κ3) is 9.84. The van der Waals surface area contributed by atoms with E-state index in [1.165, 1.54) is 11.6 Å². The second kappa shape index (κ2) is 12.6. The number of halogens is 2. The second-order valence-corrected chi connectivity index (χ2v) is 6.07. The van der Waals surface area contributed by atoms with Crippen LogP contribution in [0.4, 0.5) is 13.6 Å². The van der Waals surface area contributed by atoms with Gasteiger partial charge < -0.3 is 25.6 Å². The fraction of sp³-hybridized carbons (Fsp3) is 0.350. The molecule has 28 heavy (non-hydrogen) atoms. The lowest BCUT2D eigenvalue weighted by Gasteiger charge is -2.01. The first-order chi connectivity index (χ1) is 13.3. The molecular weight excluding hydrogens is 370 g/mol. The minimum atomic E-state index is -1.20. The van der Waals surface area contributed by atoms with Gasteiger partial charge in [0.05, 0.1) is 13.2 Å². The molecule has 2 aromatic rings. The minimum absolute atomic E-state index is 0.0352. The maximum atomic E-state index is 12.6. The van der Waals surface area contributed by atoms with Crippen LogP contribution in [0.25, 0.3) is 0 Å². The van der Waals surface area contributed by atoms with Crippen LogP contribution in [-0.2, 0) is 6.54 Å². The number of ether oxygens (including phenoxy) is 1. The van der Waals surface area contributed by atoms with E-state index in [0.29, 0.717) is 5.56 Å². The van der Waals surface area contributed by atoms with E-state index in [9.17, 15) is 13.6 Å². The fourth-order valence-electron chi connectivity index (χ4n) is 2.14. The molecule has 0 spiro atoms. The summed E-state index contributed by atoms with van der Waals surface area (Å²) in [7, 11) is 1.67. The average Bonchev–Trinajstić information content (AvgIpc) is 3.15. The van der Waals surface area contributed by atoms with Gasteiger partial charge in [0.15, 0.2) is 11.6 Å². The number of nitrogens with one attached hydrogen (secondary N) is 2. The Labute approximate surface area is 163 Å². The number of β-amino-alcohol motifs (C(OH)–C–C–N with tert-alkyl or cyclic N) is 1. The monoisotopic (exact) mass is 396 g/mol. The van der Waals surface area contributed by atoms with Gasteiger partial charge in [0.1, 0.15) is 5.75 Å². The summed E-state index contributed by atoms with van der Waals surface area (Å²) in [4.78, 5) is 10.0. The highest BCUT2D eigenvalue weighted by Crippen LogP contribution is 2.09. The molecule has 1 saturated heterocycles. The van der Waals surface area contributed by atoms with Crippen molar-refractivity contribution in [1.29, 1.82) is 0 Å². The van der Waals surface area contributed by atoms with Crippen LogP contribution >= 0.6 is 0 Å². The van der Waals surface area contributed by atoms with Crippen LogP contribution in [0.3, 0.4) is 0 Å². The van der Waals surface area contributed by atoms with E-state index in [0.717, 1.165) is 37.4 Å². The highest BCUT2D eigenvalue weighted by atomic mass is 19.2. The maximum absolute atomic E-state index is 12.6. The highest BCUT2D eigenvalue weighted by molar-refractivity contribution is 5.64. The summed E-state index contributed by atoms with van der Waals surface area (Å²) in [5.41, 5.74) is 1.64. The molecule has 2 aromatic carbocycles. The Morgan fingerprint density at radius 1 is 1.21 bits per heavy atom. The zero-order valence-corrected chi connectivity index (χ0v) is 15.9. The molecule has 1 unspecified atom stereocenters. The zero-order valence-electron chi connectivity index (χ0n) is 15.9. The minimum Gasteiger partial charge on any atom is -0.497 e. The Balaban J connectivity index is 0.000000226. The lowest BCUT2D eigenvalue weighted by atomic mass is 10.2. The molecular formula is C20H26F2N2O4. The normalized spacial score (nSPS) is 14.8. The summed E-state index contributed by atoms with van der Waals surface area (Å²) in [6, 6.07) is 11.2. The first kappa shape index (κ1) is 23.3. The molecule has 0 aromatic heterocycles. The van der Waals surface area contributed by atoms with Crippen molar-refractivity contribution < 1.29 is 28.5 Å². The quantitative estimate of drug-likeness (QED) is 0.640. The molecule has 8 heteroatoms. The molecule has 0 aliphatic carbocycles. The van der Waals surface area contributed by atoms with Crippen molar-refractivity contribution in [3.05, 3.63) is 65.2 Å². The van der Waals surface area contributed by atoms with Crippen molar-refractivity contribution in [2.45, 2.75) is 26.0 Å². The van der Waals surface area contributed by atoms with E-state index >= 15 is 0 Å². The van der Waals surface area contributed by atoms with Crippen LogP contribution in [0.2, 0.25) is 0 Å². The molecule has 1 atom stereocenters. The number of aliphatic hydroxyl groups excluding tert-OH is 1. The van der Waals surface area contributed by atoms with Crippen LogP contribution in [-0.4, -0.2) is 42.6 Å². The molecule has 3 rings (SSSR count). The van der Waals surface area contributed by atoms with Crippen molar-refractivity contribution >= 4 is 6.09 Å². The van der Waals surface area contributed by atoms with Gasteiger partial charge in [0, 0.05) is 13.1 Å². The van der Waals surface area contributed by atoms with E-state index in [-0.39, 0.29) is 12.6 Å². The van der Waals surface area contributed by atoms with Crippen molar-refractivity contribution in [3.8, 4) is 5.75 Å². The number of methoxy groups -OCH3 is 1. The lowest BCUT2D eigenvalue weighted by molar-refractivity contribution is 0.193. The molecule has 1 fully saturated rings. The van der Waals surface area contributed by atoms with Gasteiger partial charge in [0.2, 0.25) is 0 Å². The first-order valence-corrected chi connectivity index (χ1v) is 8.72. The van der Waals surface area contributed by atoms with Gasteiger partial charge in [-0.1, -0.05) is 23.8 Å². The Bertz CT molecular complexity index is 721. The molecule has 0 saturated carbocycles. The van der Waals surface area contributed by atoms with Crippen molar-refractivity contribution in [2.24, 2.45) is 0 Å². The predicted octanol–water partition coefficient (Wildman–Crippen LogP) is 3.08. The second-order valence-electron chi connectivity index (χ2n) is 6.07. The Hall–Kier alpha value is -2.71. The van der Waals surface area contributed by atoms with Gasteiger partial charge in [-0.2, -0.15) is 0 Å². The molecule has 0 bridgehead atoms. The third-order valence-electron chi connectivity index (χ3n) is 3.72. The van der Waals surface area contributed by atoms with Gasteiger partial charge in [-0.25, -0.2) is 13.6 Å². The highest BCUT2D eigenvalue weighted by Gasteiger charge is 2.08. The topological polar surface area (TPSA) is 90.8 Å². The van der Waals surface area contributed by atoms with Crippen LogP contribution in [0.15, 0.2) is 42.5 Å². The van der Waals surface area contributed by atoms with Gasteiger partial charge >= 0.3 is 6.09 Å². The third-order valence-corrected chi connectivity index (χ3v) is 3.72. The number of amides is 1. The van der Waals surface area contributed by atoms with E-state index in [1.54, 1.807) is 7.11 Å². The Morgan fingerprint density at radius 2 is 1.89 bits per heavy atom. The van der Waals surface area contributed by atoms with E-state index in [1.807, 2.05) is 29.6 Å². The largest absolute Gasteiger partial charge is 0.497 e. The molecule has 1 heterocycles. The molecule has 1 amide bonds. The van der Waals surface area contributed by atoms with E-state index < -0.39 is 17.7 Å². The zero-order chi connectivity index (χ0) is 20.9. The smallest absolute Gasteiger partial charge is 0.404 e. The summed E-state index contributed by atoms with van der Waals surface area (Å²) in [6.45, 7) is 3.80. The number of rotatable bonds is 3. The summed E-state index contributed by atoms with van der Waals surface area (Å²) in [6.07, 6.45) is -0.338. The van der Waals surface area contributed by atoms with Crippen molar-refractivity contribution in [1.82, 2.24) is 10.6 Å². The molecule has 154 valence electrons. The summed E-state index contributed by atoms with van der Waals surface area (Å²) >= 11 is 0. The maximum Gasteiger partial charge on any atom is 0.404 e. The number of aryl methyl sites for hydroxylation is 1. The predicted molar refractivity (Wildman–Crippen MR) is 102 cm³/mol. The fourth-order valence-corrected chi connectivity index (χ4v) is 2.14. The van der Waals surface area contributed by atoms with Gasteiger partial charge in [-0.15, -0.1) is 0 Å². The number of carboxylic acid groups (broad SMARTS) is 1. The van der Waals surface area contributed by atoms with Crippen LogP contribution in [0.1, 0.15) is 17.5 Å². The summed E-state index contributed by atoms with van der Waals surface area (Å²) in [5.74, 6) is -1.01. The number of carbonyl (C=O) groups is 1. The molecule has 4 N–H and O–H groups in total. The molecule has 1 aliphatic rings. The average molecular weight is 396 g/mol. The van der Waals surface area contributed by atoms with Crippen LogP contribution in [0.5, 0.6) is 5.75 Å². The van der Waals surface area contributed by atoms with Gasteiger partial charge in [-0.05, 0) is 49.7 Å². The summed E-state index contributed by atoms with van der Waals surface area (Å²) < 4.78 is 29.9. The van der Waals surface area contributed by atoms with Gasteiger partial charge in [0.25, 0.3) is 0 Å². The van der Waals surface area contributed by atoms with Crippen LogP contribution in [0, 0.1) is 18.6 Å². The summed E-state index contributed by atoms with van der Waals surface area (Å²) in [5, 5.41) is 21.9. The van der Waals surface area contributed by atoms with Crippen LogP contribution < -0.4 is 15.4 Å². The molecule has 0 radical (unpaired) electrons. The van der Waals surface area contributed by atoms with Crippen molar-refractivity contribution in [3.63, 3.8) is 0 Å². The molecule has 6 nitrogen and oxygen atoms in total. The van der Waals surface area contributed by atoms with E-state index in [2.05, 4.69) is 12.2 Å². The lowest BCUT2D eigenvalue weighted by Crippen LogP contribution is -2.19. The molecule has 1 aliphatic heterocycles. The Kier molecular flexibility index (Phi) is 10.5. The number of hydrogen-bond donors (Lipinski definition) is 4. The number of hydrogen-bond acceptors (Lipinski definition) is 4.